The molecule has 4 heteroatoms. The fourth-order valence-corrected chi connectivity index (χ4v) is 3.03. The van der Waals surface area contributed by atoms with E-state index in [-0.39, 0.29) is 16.9 Å². The molecule has 2 rings (SSSR count). The number of rotatable bonds is 4. The van der Waals surface area contributed by atoms with Crippen molar-refractivity contribution in [1.82, 2.24) is 0 Å². The van der Waals surface area contributed by atoms with E-state index in [1.165, 1.54) is 0 Å². The average molecular weight is 254 g/mol. The highest BCUT2D eigenvalue weighted by Crippen LogP contribution is 2.49. The quantitative estimate of drug-likeness (QED) is 0.776. The van der Waals surface area contributed by atoms with E-state index in [1.807, 2.05) is 13.0 Å². The Balaban J connectivity index is 2.45. The summed E-state index contributed by atoms with van der Waals surface area (Å²) in [5, 5.41) is 0. The van der Waals surface area contributed by atoms with Gasteiger partial charge in [0, 0.05) is 0 Å². The van der Waals surface area contributed by atoms with Crippen LogP contribution in [0.4, 0.5) is 0 Å². The maximum absolute atomic E-state index is 11.8. The lowest BCUT2D eigenvalue weighted by Gasteiger charge is -2.14. The first-order chi connectivity index (χ1) is 7.89. The molecule has 1 saturated carbocycles. The average Bonchev–Trinajstić information content (AvgIpc) is 2.97. The van der Waals surface area contributed by atoms with Crippen molar-refractivity contribution in [2.24, 2.45) is 0 Å². The van der Waals surface area contributed by atoms with Crippen LogP contribution < -0.4 is 0 Å². The molecule has 0 aliphatic heterocycles. The number of hydrogen-bond donors (Lipinski definition) is 0. The highest BCUT2D eigenvalue weighted by molar-refractivity contribution is 7.86. The molecular formula is C13H18O3S. The fraction of sp³-hybridized carbons (Fsp3) is 0.538. The zero-order chi connectivity index (χ0) is 12.7. The van der Waals surface area contributed by atoms with Crippen LogP contribution in [-0.2, 0) is 19.7 Å². The topological polar surface area (TPSA) is 43.4 Å². The molecule has 0 spiro atoms. The Labute approximate surface area is 103 Å². The van der Waals surface area contributed by atoms with Gasteiger partial charge in [0.25, 0.3) is 10.1 Å². The van der Waals surface area contributed by atoms with E-state index in [4.69, 9.17) is 4.18 Å². The third-order valence-corrected chi connectivity index (χ3v) is 4.80. The van der Waals surface area contributed by atoms with Crippen molar-refractivity contribution in [2.75, 3.05) is 6.61 Å². The van der Waals surface area contributed by atoms with E-state index < -0.39 is 10.1 Å². The Hall–Kier alpha value is -0.870. The van der Waals surface area contributed by atoms with Gasteiger partial charge in [-0.05, 0) is 55.4 Å². The van der Waals surface area contributed by atoms with Crippen LogP contribution >= 0.6 is 0 Å². The molecular weight excluding hydrogens is 236 g/mol. The maximum Gasteiger partial charge on any atom is 0.296 e. The van der Waals surface area contributed by atoms with Gasteiger partial charge in [-0.3, -0.25) is 4.18 Å². The Bertz CT molecular complexity index is 528. The van der Waals surface area contributed by atoms with E-state index >= 15 is 0 Å². The molecule has 1 aromatic carbocycles. The summed E-state index contributed by atoms with van der Waals surface area (Å²) in [4.78, 5) is 0.271. The van der Waals surface area contributed by atoms with Crippen LogP contribution in [0.25, 0.3) is 0 Å². The van der Waals surface area contributed by atoms with Gasteiger partial charge in [0.15, 0.2) is 0 Å². The van der Waals surface area contributed by atoms with Crippen molar-refractivity contribution in [3.8, 4) is 0 Å². The van der Waals surface area contributed by atoms with Crippen LogP contribution in [0.1, 0.15) is 37.8 Å². The minimum absolute atomic E-state index is 0.168. The van der Waals surface area contributed by atoms with Crippen LogP contribution in [0.5, 0.6) is 0 Å². The van der Waals surface area contributed by atoms with Crippen molar-refractivity contribution in [3.63, 3.8) is 0 Å². The summed E-state index contributed by atoms with van der Waals surface area (Å²) >= 11 is 0. The second kappa shape index (κ2) is 4.10. The molecule has 1 aliphatic carbocycles. The SMILES string of the molecule is CCOS(=O)(=O)c1ccc(C)c(C2(C)CC2)c1. The molecule has 17 heavy (non-hydrogen) atoms. The highest BCUT2D eigenvalue weighted by Gasteiger charge is 2.40. The molecule has 0 heterocycles. The lowest BCUT2D eigenvalue weighted by atomic mass is 9.94. The predicted molar refractivity (Wildman–Crippen MR) is 66.6 cm³/mol. The Kier molecular flexibility index (Phi) is 3.04. The minimum atomic E-state index is -3.58. The third kappa shape index (κ3) is 2.38. The smallest absolute Gasteiger partial charge is 0.267 e. The molecule has 0 bridgehead atoms. The van der Waals surface area contributed by atoms with E-state index in [9.17, 15) is 8.42 Å². The molecule has 0 unspecified atom stereocenters. The molecule has 1 aliphatic rings. The Morgan fingerprint density at radius 2 is 2.00 bits per heavy atom. The molecule has 0 aromatic heterocycles. The Morgan fingerprint density at radius 3 is 2.53 bits per heavy atom. The van der Waals surface area contributed by atoms with Crippen LogP contribution in [0, 0.1) is 6.92 Å². The molecule has 0 saturated heterocycles. The number of benzene rings is 1. The summed E-state index contributed by atoms with van der Waals surface area (Å²) in [5.41, 5.74) is 2.46. The standard InChI is InChI=1S/C13H18O3S/c1-4-16-17(14,15)11-6-5-10(2)12(9-11)13(3)7-8-13/h5-6,9H,4,7-8H2,1-3H3. The minimum Gasteiger partial charge on any atom is -0.267 e. The van der Waals surface area contributed by atoms with Crippen molar-refractivity contribution in [3.05, 3.63) is 29.3 Å². The molecule has 0 atom stereocenters. The first-order valence-electron chi connectivity index (χ1n) is 5.90. The van der Waals surface area contributed by atoms with Gasteiger partial charge in [-0.2, -0.15) is 8.42 Å². The molecule has 1 aromatic rings. The summed E-state index contributed by atoms with van der Waals surface area (Å²) in [6, 6.07) is 5.26. The summed E-state index contributed by atoms with van der Waals surface area (Å²) in [6.45, 7) is 6.04. The zero-order valence-electron chi connectivity index (χ0n) is 10.5. The largest absolute Gasteiger partial charge is 0.296 e. The molecule has 1 fully saturated rings. The first kappa shape index (κ1) is 12.6. The summed E-state index contributed by atoms with van der Waals surface area (Å²) in [7, 11) is -3.58. The number of hydrogen-bond acceptors (Lipinski definition) is 3. The van der Waals surface area contributed by atoms with E-state index in [1.54, 1.807) is 19.1 Å². The van der Waals surface area contributed by atoms with Gasteiger partial charge in [-0.15, -0.1) is 0 Å². The van der Waals surface area contributed by atoms with Crippen molar-refractivity contribution in [2.45, 2.75) is 43.9 Å². The van der Waals surface area contributed by atoms with Crippen molar-refractivity contribution >= 4 is 10.1 Å². The van der Waals surface area contributed by atoms with Gasteiger partial charge in [0.1, 0.15) is 0 Å². The fourth-order valence-electron chi connectivity index (χ4n) is 2.09. The van der Waals surface area contributed by atoms with Gasteiger partial charge in [0.05, 0.1) is 11.5 Å². The molecule has 3 nitrogen and oxygen atoms in total. The first-order valence-corrected chi connectivity index (χ1v) is 7.30. The lowest BCUT2D eigenvalue weighted by Crippen LogP contribution is -2.09. The maximum atomic E-state index is 11.8. The second-order valence-corrected chi connectivity index (χ2v) is 6.51. The molecule has 0 N–H and O–H groups in total. The van der Waals surface area contributed by atoms with Gasteiger partial charge >= 0.3 is 0 Å². The van der Waals surface area contributed by atoms with Crippen molar-refractivity contribution in [1.29, 1.82) is 0 Å². The second-order valence-electron chi connectivity index (χ2n) is 4.90. The van der Waals surface area contributed by atoms with E-state index in [2.05, 4.69) is 6.92 Å². The predicted octanol–water partition coefficient (Wildman–Crippen LogP) is 2.77. The van der Waals surface area contributed by atoms with E-state index in [0.717, 1.165) is 24.0 Å². The Morgan fingerprint density at radius 1 is 1.35 bits per heavy atom. The van der Waals surface area contributed by atoms with Gasteiger partial charge in [-0.25, -0.2) is 0 Å². The summed E-state index contributed by atoms with van der Waals surface area (Å²) < 4.78 is 28.5. The lowest BCUT2D eigenvalue weighted by molar-refractivity contribution is 0.338. The summed E-state index contributed by atoms with van der Waals surface area (Å²) in [5.74, 6) is 0. The van der Waals surface area contributed by atoms with Gasteiger partial charge in [-0.1, -0.05) is 13.0 Å². The zero-order valence-corrected chi connectivity index (χ0v) is 11.3. The molecule has 94 valence electrons. The van der Waals surface area contributed by atoms with Gasteiger partial charge in [0.2, 0.25) is 0 Å². The monoisotopic (exact) mass is 254 g/mol. The van der Waals surface area contributed by atoms with Crippen LogP contribution in [0.2, 0.25) is 0 Å². The van der Waals surface area contributed by atoms with Crippen molar-refractivity contribution < 1.29 is 12.6 Å². The van der Waals surface area contributed by atoms with Crippen LogP contribution in [0.3, 0.4) is 0 Å². The molecule has 0 radical (unpaired) electrons. The third-order valence-electron chi connectivity index (χ3n) is 3.42. The van der Waals surface area contributed by atoms with Crippen LogP contribution in [0.15, 0.2) is 23.1 Å². The number of aryl methyl sites for hydroxylation is 1. The molecule has 0 amide bonds. The van der Waals surface area contributed by atoms with Gasteiger partial charge < -0.3 is 0 Å². The van der Waals surface area contributed by atoms with Crippen LogP contribution in [-0.4, -0.2) is 15.0 Å². The van der Waals surface area contributed by atoms with E-state index in [0.29, 0.717) is 0 Å². The summed E-state index contributed by atoms with van der Waals surface area (Å²) in [6.07, 6.45) is 2.26. The highest BCUT2D eigenvalue weighted by atomic mass is 32.2. The normalized spacial score (nSPS) is 18.1.